The summed E-state index contributed by atoms with van der Waals surface area (Å²) in [7, 11) is -3.66. The van der Waals surface area contributed by atoms with Crippen LogP contribution < -0.4 is 5.32 Å². The highest BCUT2D eigenvalue weighted by Gasteiger charge is 2.29. The Bertz CT molecular complexity index is 1000. The van der Waals surface area contributed by atoms with E-state index in [0.29, 0.717) is 30.3 Å². The van der Waals surface area contributed by atoms with Gasteiger partial charge in [0.05, 0.1) is 9.92 Å². The van der Waals surface area contributed by atoms with Crippen molar-refractivity contribution in [1.82, 2.24) is 4.31 Å². The van der Waals surface area contributed by atoms with Crippen molar-refractivity contribution < 1.29 is 17.6 Å². The van der Waals surface area contributed by atoms with Crippen molar-refractivity contribution >= 4 is 33.2 Å². The van der Waals surface area contributed by atoms with Gasteiger partial charge in [0.15, 0.2) is 0 Å². The fourth-order valence-corrected chi connectivity index (χ4v) is 4.83. The molecule has 150 valence electrons. The van der Waals surface area contributed by atoms with Gasteiger partial charge < -0.3 is 5.32 Å². The molecule has 2 aromatic carbocycles. The lowest BCUT2D eigenvalue weighted by Crippen LogP contribution is -2.38. The van der Waals surface area contributed by atoms with Gasteiger partial charge in [-0.15, -0.1) is 0 Å². The van der Waals surface area contributed by atoms with Crippen LogP contribution in [0.4, 0.5) is 10.1 Å². The summed E-state index contributed by atoms with van der Waals surface area (Å²) in [5.74, 6) is -0.558. The number of aryl methyl sites for hydroxylation is 1. The molecular formula is C20H22ClFN2O3S. The maximum atomic E-state index is 13.3. The Morgan fingerprint density at radius 1 is 1.18 bits per heavy atom. The molecule has 8 heteroatoms. The van der Waals surface area contributed by atoms with E-state index in [0.717, 1.165) is 18.9 Å². The Labute approximate surface area is 169 Å². The average Bonchev–Trinajstić information content (AvgIpc) is 2.65. The van der Waals surface area contributed by atoms with E-state index in [1.165, 1.54) is 28.6 Å². The number of halogens is 2. The third-order valence-electron chi connectivity index (χ3n) is 5.01. The fraction of sp³-hybridized carbons (Fsp3) is 0.350. The molecule has 5 nitrogen and oxygen atoms in total. The number of carbonyl (C=O) groups excluding carboxylic acids is 1. The Morgan fingerprint density at radius 2 is 1.86 bits per heavy atom. The first-order chi connectivity index (χ1) is 13.2. The van der Waals surface area contributed by atoms with Crippen molar-refractivity contribution in [2.24, 2.45) is 5.92 Å². The largest absolute Gasteiger partial charge is 0.322 e. The first-order valence-electron chi connectivity index (χ1n) is 9.05. The summed E-state index contributed by atoms with van der Waals surface area (Å²) in [4.78, 5) is 12.8. The van der Waals surface area contributed by atoms with E-state index in [-0.39, 0.29) is 15.5 Å². The molecule has 1 amide bonds. The van der Waals surface area contributed by atoms with Crippen LogP contribution in [0.5, 0.6) is 0 Å². The lowest BCUT2D eigenvalue weighted by Gasteiger charge is -2.29. The van der Waals surface area contributed by atoms with E-state index in [4.69, 9.17) is 11.6 Å². The van der Waals surface area contributed by atoms with E-state index >= 15 is 0 Å². The molecule has 0 radical (unpaired) electrons. The van der Waals surface area contributed by atoms with Crippen LogP contribution in [0.15, 0.2) is 41.3 Å². The average molecular weight is 425 g/mol. The topological polar surface area (TPSA) is 66.5 Å². The number of carbonyl (C=O) groups is 1. The smallest absolute Gasteiger partial charge is 0.255 e. The van der Waals surface area contributed by atoms with Crippen molar-refractivity contribution in [3.63, 3.8) is 0 Å². The quantitative estimate of drug-likeness (QED) is 0.787. The molecule has 28 heavy (non-hydrogen) atoms. The predicted octanol–water partition coefficient (Wildman–Crippen LogP) is 4.46. The zero-order valence-electron chi connectivity index (χ0n) is 15.7. The molecule has 0 unspecified atom stereocenters. The summed E-state index contributed by atoms with van der Waals surface area (Å²) in [6.07, 6.45) is 1.65. The molecule has 1 saturated heterocycles. The molecule has 0 saturated carbocycles. The van der Waals surface area contributed by atoms with Crippen LogP contribution in [-0.2, 0) is 10.0 Å². The predicted molar refractivity (Wildman–Crippen MR) is 108 cm³/mol. The van der Waals surface area contributed by atoms with Gasteiger partial charge in [-0.25, -0.2) is 12.8 Å². The van der Waals surface area contributed by atoms with Crippen LogP contribution in [-0.4, -0.2) is 31.7 Å². The van der Waals surface area contributed by atoms with Gasteiger partial charge in [0, 0.05) is 24.3 Å². The van der Waals surface area contributed by atoms with Crippen LogP contribution in [0.25, 0.3) is 0 Å². The second-order valence-electron chi connectivity index (χ2n) is 7.15. The van der Waals surface area contributed by atoms with Gasteiger partial charge in [-0.05, 0) is 61.6 Å². The number of rotatable bonds is 4. The van der Waals surface area contributed by atoms with Crippen molar-refractivity contribution in [2.75, 3.05) is 18.4 Å². The number of nitrogens with one attached hydrogen (secondary N) is 1. The number of benzene rings is 2. The van der Waals surface area contributed by atoms with E-state index < -0.39 is 21.7 Å². The van der Waals surface area contributed by atoms with Gasteiger partial charge >= 0.3 is 0 Å². The van der Waals surface area contributed by atoms with Crippen molar-refractivity contribution in [2.45, 2.75) is 31.6 Å². The molecule has 1 aliphatic rings. The van der Waals surface area contributed by atoms with Gasteiger partial charge in [-0.3, -0.25) is 4.79 Å². The van der Waals surface area contributed by atoms with Gasteiger partial charge in [0.1, 0.15) is 5.82 Å². The lowest BCUT2D eigenvalue weighted by molar-refractivity contribution is 0.102. The molecule has 1 aliphatic heterocycles. The summed E-state index contributed by atoms with van der Waals surface area (Å²) < 4.78 is 40.7. The molecule has 0 bridgehead atoms. The maximum absolute atomic E-state index is 13.3. The van der Waals surface area contributed by atoms with Crippen molar-refractivity contribution in [3.8, 4) is 0 Å². The molecule has 1 N–H and O–H groups in total. The molecular weight excluding hydrogens is 403 g/mol. The maximum Gasteiger partial charge on any atom is 0.255 e. The number of sulfonamides is 1. The fourth-order valence-electron chi connectivity index (χ4n) is 3.15. The number of amides is 1. The highest BCUT2D eigenvalue weighted by Crippen LogP contribution is 2.26. The highest BCUT2D eigenvalue weighted by molar-refractivity contribution is 7.89. The number of hydrogen-bond donors (Lipinski definition) is 1. The highest BCUT2D eigenvalue weighted by atomic mass is 35.5. The molecule has 0 aromatic heterocycles. The number of anilines is 1. The molecule has 1 fully saturated rings. The summed E-state index contributed by atoms with van der Waals surface area (Å²) in [5.41, 5.74) is 1.21. The summed E-state index contributed by atoms with van der Waals surface area (Å²) in [5, 5.41) is 2.53. The van der Waals surface area contributed by atoms with E-state index in [1.54, 1.807) is 13.0 Å². The van der Waals surface area contributed by atoms with Crippen LogP contribution >= 0.6 is 11.6 Å². The van der Waals surface area contributed by atoms with E-state index in [9.17, 15) is 17.6 Å². The van der Waals surface area contributed by atoms with Crippen molar-refractivity contribution in [1.29, 1.82) is 0 Å². The molecule has 0 spiro atoms. The number of hydrogen-bond acceptors (Lipinski definition) is 3. The second-order valence-corrected chi connectivity index (χ2v) is 9.49. The normalized spacial score (nSPS) is 16.1. The standard InChI is InChI=1S/C20H22ClFN2O3S/c1-13-7-9-24(10-8-13)28(26,27)16-5-3-14(2)17(12-16)20(25)23-15-4-6-19(22)18(21)11-15/h3-6,11-13H,7-10H2,1-2H3,(H,23,25). The lowest BCUT2D eigenvalue weighted by atomic mass is 10.0. The SMILES string of the molecule is Cc1ccc(S(=O)(=O)N2CCC(C)CC2)cc1C(=O)Nc1ccc(F)c(Cl)c1. The van der Waals surface area contributed by atoms with Gasteiger partial charge in [0.2, 0.25) is 10.0 Å². The van der Waals surface area contributed by atoms with Crippen LogP contribution in [0.1, 0.15) is 35.7 Å². The van der Waals surface area contributed by atoms with Gasteiger partial charge in [-0.2, -0.15) is 4.31 Å². The summed E-state index contributed by atoms with van der Waals surface area (Å²) >= 11 is 5.74. The van der Waals surface area contributed by atoms with Crippen LogP contribution in [0.2, 0.25) is 5.02 Å². The third-order valence-corrected chi connectivity index (χ3v) is 7.20. The minimum atomic E-state index is -3.66. The Balaban J connectivity index is 1.86. The van der Waals surface area contributed by atoms with Gasteiger partial charge in [-0.1, -0.05) is 24.6 Å². The first kappa shape index (κ1) is 20.8. The first-order valence-corrected chi connectivity index (χ1v) is 10.9. The second kappa shape index (κ2) is 8.19. The van der Waals surface area contributed by atoms with E-state index in [2.05, 4.69) is 12.2 Å². The molecule has 0 atom stereocenters. The number of piperidine rings is 1. The molecule has 1 heterocycles. The van der Waals surface area contributed by atoms with Crippen LogP contribution in [0, 0.1) is 18.7 Å². The summed E-state index contributed by atoms with van der Waals surface area (Å²) in [6, 6.07) is 8.38. The minimum Gasteiger partial charge on any atom is -0.322 e. The summed E-state index contributed by atoms with van der Waals surface area (Å²) in [6.45, 7) is 4.80. The third kappa shape index (κ3) is 4.37. The Kier molecular flexibility index (Phi) is 6.07. The zero-order chi connectivity index (χ0) is 20.5. The molecule has 3 rings (SSSR count). The minimum absolute atomic E-state index is 0.0925. The van der Waals surface area contributed by atoms with Crippen LogP contribution in [0.3, 0.4) is 0 Å². The molecule has 2 aromatic rings. The van der Waals surface area contributed by atoms with Crippen molar-refractivity contribution in [3.05, 3.63) is 58.4 Å². The monoisotopic (exact) mass is 424 g/mol. The Morgan fingerprint density at radius 3 is 2.50 bits per heavy atom. The molecule has 0 aliphatic carbocycles. The zero-order valence-corrected chi connectivity index (χ0v) is 17.3. The van der Waals surface area contributed by atoms with E-state index in [1.807, 2.05) is 0 Å². The Hall–Kier alpha value is -1.96. The van der Waals surface area contributed by atoms with Gasteiger partial charge in [0.25, 0.3) is 5.91 Å². The number of nitrogens with zero attached hydrogens (tertiary/aromatic N) is 1.